The molecular formula is C16H24N2O. The Kier molecular flexibility index (Phi) is 4.13. The van der Waals surface area contributed by atoms with Gasteiger partial charge in [-0.05, 0) is 30.9 Å². The summed E-state index contributed by atoms with van der Waals surface area (Å²) in [4.78, 5) is 14.6. The lowest BCUT2D eigenvalue weighted by molar-refractivity contribution is -0.134. The first kappa shape index (κ1) is 13.9. The van der Waals surface area contributed by atoms with Gasteiger partial charge in [-0.15, -0.1) is 0 Å². The largest absolute Gasteiger partial charge is 0.385 e. The van der Waals surface area contributed by atoms with Crippen LogP contribution in [0.1, 0.15) is 38.7 Å². The molecule has 0 bridgehead atoms. The van der Waals surface area contributed by atoms with Crippen LogP contribution in [-0.4, -0.2) is 30.4 Å². The van der Waals surface area contributed by atoms with Crippen molar-refractivity contribution >= 4 is 11.6 Å². The van der Waals surface area contributed by atoms with Crippen LogP contribution in [0.2, 0.25) is 0 Å². The van der Waals surface area contributed by atoms with Crippen molar-refractivity contribution in [2.75, 3.05) is 18.9 Å². The van der Waals surface area contributed by atoms with Gasteiger partial charge >= 0.3 is 0 Å². The predicted octanol–water partition coefficient (Wildman–Crippen LogP) is 3.09. The Labute approximate surface area is 116 Å². The number of anilines is 1. The lowest BCUT2D eigenvalue weighted by Crippen LogP contribution is -2.42. The summed E-state index contributed by atoms with van der Waals surface area (Å²) in [5, 5.41) is 3.37. The fourth-order valence-electron chi connectivity index (χ4n) is 2.62. The Morgan fingerprint density at radius 1 is 1.32 bits per heavy atom. The van der Waals surface area contributed by atoms with Gasteiger partial charge in [0.15, 0.2) is 0 Å². The molecule has 1 aliphatic rings. The van der Waals surface area contributed by atoms with Gasteiger partial charge in [-0.1, -0.05) is 32.0 Å². The molecule has 3 heteroatoms. The van der Waals surface area contributed by atoms with E-state index in [0.717, 1.165) is 24.2 Å². The first-order chi connectivity index (χ1) is 9.02. The van der Waals surface area contributed by atoms with Crippen LogP contribution in [0.3, 0.4) is 0 Å². The highest BCUT2D eigenvalue weighted by Gasteiger charge is 2.30. The molecular weight excluding hydrogens is 236 g/mol. The third kappa shape index (κ3) is 2.75. The number of nitrogens with zero attached hydrogens (tertiary/aromatic N) is 1. The highest BCUT2D eigenvalue weighted by molar-refractivity contribution is 5.86. The van der Waals surface area contributed by atoms with Crippen molar-refractivity contribution in [3.05, 3.63) is 29.8 Å². The average Bonchev–Trinajstić information content (AvgIpc) is 2.44. The maximum atomic E-state index is 12.7. The predicted molar refractivity (Wildman–Crippen MR) is 79.4 cm³/mol. The number of para-hydroxylation sites is 1. The smallest absolute Gasteiger partial charge is 0.230 e. The normalized spacial score (nSPS) is 19.5. The molecule has 104 valence electrons. The van der Waals surface area contributed by atoms with Gasteiger partial charge in [0.05, 0.1) is 5.92 Å². The Morgan fingerprint density at radius 2 is 2.00 bits per heavy atom. The summed E-state index contributed by atoms with van der Waals surface area (Å²) in [6, 6.07) is 8.42. The molecule has 0 saturated carbocycles. The zero-order valence-electron chi connectivity index (χ0n) is 12.3. The van der Waals surface area contributed by atoms with Gasteiger partial charge in [-0.25, -0.2) is 0 Å². The minimum atomic E-state index is 0.00338. The van der Waals surface area contributed by atoms with Gasteiger partial charge in [0.2, 0.25) is 5.91 Å². The number of carbonyl (C=O) groups excluding carboxylic acids is 1. The zero-order valence-corrected chi connectivity index (χ0v) is 12.3. The molecule has 19 heavy (non-hydrogen) atoms. The van der Waals surface area contributed by atoms with Crippen molar-refractivity contribution in [3.8, 4) is 0 Å². The number of fused-ring (bicyclic) bond motifs is 1. The number of nitrogens with one attached hydrogen (secondary N) is 1. The molecule has 0 aliphatic carbocycles. The summed E-state index contributed by atoms with van der Waals surface area (Å²) in [6.45, 7) is 7.31. The van der Waals surface area contributed by atoms with E-state index >= 15 is 0 Å². The van der Waals surface area contributed by atoms with Crippen molar-refractivity contribution in [1.29, 1.82) is 0 Å². The van der Waals surface area contributed by atoms with Crippen LogP contribution in [0.25, 0.3) is 0 Å². The van der Waals surface area contributed by atoms with E-state index in [2.05, 4.69) is 38.2 Å². The number of benzene rings is 1. The maximum Gasteiger partial charge on any atom is 0.230 e. The number of hydrogen-bond acceptors (Lipinski definition) is 2. The van der Waals surface area contributed by atoms with Crippen LogP contribution >= 0.6 is 0 Å². The highest BCUT2D eigenvalue weighted by Crippen LogP contribution is 2.33. The van der Waals surface area contributed by atoms with E-state index in [-0.39, 0.29) is 17.9 Å². The number of amides is 1. The van der Waals surface area contributed by atoms with Crippen LogP contribution < -0.4 is 5.32 Å². The van der Waals surface area contributed by atoms with E-state index in [1.54, 1.807) is 0 Å². The molecule has 1 N–H and O–H groups in total. The number of rotatable bonds is 3. The summed E-state index contributed by atoms with van der Waals surface area (Å²) >= 11 is 0. The summed E-state index contributed by atoms with van der Waals surface area (Å²) in [5.41, 5.74) is 2.25. The monoisotopic (exact) mass is 260 g/mol. The zero-order chi connectivity index (χ0) is 14.0. The van der Waals surface area contributed by atoms with Crippen LogP contribution in [-0.2, 0) is 4.79 Å². The van der Waals surface area contributed by atoms with E-state index in [1.807, 2.05) is 24.1 Å². The van der Waals surface area contributed by atoms with Gasteiger partial charge < -0.3 is 10.2 Å². The minimum absolute atomic E-state index is 0.00338. The van der Waals surface area contributed by atoms with Crippen molar-refractivity contribution in [2.45, 2.75) is 39.2 Å². The van der Waals surface area contributed by atoms with Crippen molar-refractivity contribution in [1.82, 2.24) is 4.90 Å². The molecule has 1 amide bonds. The van der Waals surface area contributed by atoms with Crippen LogP contribution in [0.5, 0.6) is 0 Å². The maximum absolute atomic E-state index is 12.7. The fraction of sp³-hybridized carbons (Fsp3) is 0.562. The molecule has 2 unspecified atom stereocenters. The highest BCUT2D eigenvalue weighted by atomic mass is 16.2. The third-order valence-corrected chi connectivity index (χ3v) is 4.31. The van der Waals surface area contributed by atoms with Crippen molar-refractivity contribution < 1.29 is 4.79 Å². The lowest BCUT2D eigenvalue weighted by Gasteiger charge is -2.34. The second-order valence-electron chi connectivity index (χ2n) is 5.79. The Hall–Kier alpha value is -1.51. The number of carbonyl (C=O) groups is 1. The minimum Gasteiger partial charge on any atom is -0.385 e. The van der Waals surface area contributed by atoms with Crippen molar-refractivity contribution in [3.63, 3.8) is 0 Å². The van der Waals surface area contributed by atoms with E-state index in [9.17, 15) is 4.79 Å². The van der Waals surface area contributed by atoms with Crippen LogP contribution in [0.4, 0.5) is 5.69 Å². The van der Waals surface area contributed by atoms with Gasteiger partial charge in [-0.2, -0.15) is 0 Å². The van der Waals surface area contributed by atoms with Gasteiger partial charge in [0.1, 0.15) is 0 Å². The van der Waals surface area contributed by atoms with Gasteiger partial charge in [0, 0.05) is 25.3 Å². The SMILES string of the molecule is CC(C)C(C)N(C)C(=O)C1CCNc2ccccc21. The Morgan fingerprint density at radius 3 is 2.68 bits per heavy atom. The Balaban J connectivity index is 2.21. The lowest BCUT2D eigenvalue weighted by atomic mass is 9.89. The Bertz CT molecular complexity index is 456. The van der Waals surface area contributed by atoms with E-state index < -0.39 is 0 Å². The molecule has 1 aliphatic heterocycles. The second kappa shape index (κ2) is 5.64. The molecule has 2 atom stereocenters. The number of hydrogen-bond donors (Lipinski definition) is 1. The average molecular weight is 260 g/mol. The molecule has 0 aromatic heterocycles. The molecule has 0 spiro atoms. The molecule has 3 nitrogen and oxygen atoms in total. The van der Waals surface area contributed by atoms with Gasteiger partial charge in [-0.3, -0.25) is 4.79 Å². The quantitative estimate of drug-likeness (QED) is 0.905. The first-order valence-electron chi connectivity index (χ1n) is 7.12. The van der Waals surface area contributed by atoms with Crippen LogP contribution in [0, 0.1) is 5.92 Å². The summed E-state index contributed by atoms with van der Waals surface area (Å²) in [6.07, 6.45) is 0.880. The second-order valence-corrected chi connectivity index (χ2v) is 5.79. The van der Waals surface area contributed by atoms with E-state index in [1.165, 1.54) is 0 Å². The molecule has 2 rings (SSSR count). The fourth-order valence-corrected chi connectivity index (χ4v) is 2.62. The summed E-state index contributed by atoms with van der Waals surface area (Å²) < 4.78 is 0. The van der Waals surface area contributed by atoms with E-state index in [0.29, 0.717) is 5.92 Å². The topological polar surface area (TPSA) is 32.3 Å². The third-order valence-electron chi connectivity index (χ3n) is 4.31. The molecule has 0 saturated heterocycles. The van der Waals surface area contributed by atoms with E-state index in [4.69, 9.17) is 0 Å². The molecule has 1 aromatic carbocycles. The van der Waals surface area contributed by atoms with Crippen molar-refractivity contribution in [2.24, 2.45) is 5.92 Å². The number of likely N-dealkylation sites (N-methyl/N-ethyl adjacent to an activating group) is 1. The molecule has 0 radical (unpaired) electrons. The summed E-state index contributed by atoms with van der Waals surface area (Å²) in [7, 11) is 1.93. The standard InChI is InChI=1S/C16H24N2O/c1-11(2)12(3)18(4)16(19)14-9-10-17-15-8-6-5-7-13(14)15/h5-8,11-12,14,17H,9-10H2,1-4H3. The first-order valence-corrected chi connectivity index (χ1v) is 7.12. The molecule has 1 heterocycles. The van der Waals surface area contributed by atoms with Gasteiger partial charge in [0.25, 0.3) is 0 Å². The summed E-state index contributed by atoms with van der Waals surface area (Å²) in [5.74, 6) is 0.727. The van der Waals surface area contributed by atoms with Crippen LogP contribution in [0.15, 0.2) is 24.3 Å². The molecule has 0 fully saturated rings. The molecule has 1 aromatic rings.